The van der Waals surface area contributed by atoms with E-state index in [2.05, 4.69) is 36.5 Å². The van der Waals surface area contributed by atoms with Gasteiger partial charge in [0.2, 0.25) is 0 Å². The molecule has 0 bridgehead atoms. The molecule has 0 heterocycles. The van der Waals surface area contributed by atoms with Crippen LogP contribution in [0.15, 0.2) is 66.7 Å². The summed E-state index contributed by atoms with van der Waals surface area (Å²) in [6.07, 6.45) is 3.22. The molecule has 4 nitrogen and oxygen atoms in total. The second kappa shape index (κ2) is 13.4. The second-order valence-electron chi connectivity index (χ2n) is 8.00. The molecule has 1 atom stereocenters. The summed E-state index contributed by atoms with van der Waals surface area (Å²) < 4.78 is 0. The van der Waals surface area contributed by atoms with Crippen molar-refractivity contribution in [2.24, 2.45) is 0 Å². The van der Waals surface area contributed by atoms with Gasteiger partial charge in [-0.05, 0) is 77.9 Å². The highest BCUT2D eigenvalue weighted by Gasteiger charge is 2.11. The molecule has 3 aromatic carbocycles. The highest BCUT2D eigenvalue weighted by atomic mass is 35.5. The van der Waals surface area contributed by atoms with Crippen molar-refractivity contribution in [1.82, 2.24) is 5.32 Å². The fourth-order valence-electron chi connectivity index (χ4n) is 3.74. The molecule has 0 saturated carbocycles. The number of carboxylic acids is 1. The van der Waals surface area contributed by atoms with Crippen molar-refractivity contribution in [3.05, 3.63) is 94.0 Å². The van der Waals surface area contributed by atoms with Gasteiger partial charge in [0.15, 0.2) is 0 Å². The summed E-state index contributed by atoms with van der Waals surface area (Å²) >= 11 is 5.99. The predicted octanol–water partition coefficient (Wildman–Crippen LogP) is 6.34. The zero-order chi connectivity index (χ0) is 22.9. The van der Waals surface area contributed by atoms with Gasteiger partial charge in [-0.1, -0.05) is 67.4 Å². The van der Waals surface area contributed by atoms with E-state index >= 15 is 0 Å². The first-order valence-electron chi connectivity index (χ1n) is 11.1. The Morgan fingerprint density at radius 1 is 1.03 bits per heavy atom. The Morgan fingerprint density at radius 3 is 2.45 bits per heavy atom. The molecule has 0 saturated heterocycles. The summed E-state index contributed by atoms with van der Waals surface area (Å²) in [4.78, 5) is 11.4. The Morgan fingerprint density at radius 2 is 1.79 bits per heavy atom. The molecule has 0 aliphatic carbocycles. The standard InChI is InChI=1S/C27H30ClNO3.ClH/c1-2-3-5-21-16-23(27(31)32)12-13-25(21)20-10-8-19(9-11-20)14-15-29-18-26(30)22-6-4-7-24(28)17-22;/h4,6-13,16-17,26,29-30H,2-3,5,14-15,18H2,1H3,(H,31,32);1H/t26-;/m1./s1. The van der Waals surface area contributed by atoms with Crippen LogP contribution in [0.1, 0.15) is 52.9 Å². The third-order valence-corrected chi connectivity index (χ3v) is 5.81. The van der Waals surface area contributed by atoms with Crippen LogP contribution >= 0.6 is 24.0 Å². The van der Waals surface area contributed by atoms with Crippen molar-refractivity contribution in [2.75, 3.05) is 13.1 Å². The van der Waals surface area contributed by atoms with Crippen LogP contribution in [-0.4, -0.2) is 29.3 Å². The number of unbranched alkanes of at least 4 members (excludes halogenated alkanes) is 1. The molecule has 0 amide bonds. The number of aliphatic hydroxyl groups excluding tert-OH is 1. The summed E-state index contributed by atoms with van der Waals surface area (Å²) in [5, 5.41) is 23.5. The number of carbonyl (C=O) groups is 1. The summed E-state index contributed by atoms with van der Waals surface area (Å²) in [7, 11) is 0. The Kier molecular flexibility index (Phi) is 10.9. The highest BCUT2D eigenvalue weighted by molar-refractivity contribution is 6.30. The van der Waals surface area contributed by atoms with Crippen LogP contribution in [0.4, 0.5) is 0 Å². The quantitative estimate of drug-likeness (QED) is 0.276. The van der Waals surface area contributed by atoms with Gasteiger partial charge in [-0.25, -0.2) is 4.79 Å². The number of aliphatic hydroxyl groups is 1. The maximum atomic E-state index is 11.4. The van der Waals surface area contributed by atoms with Crippen LogP contribution in [0.5, 0.6) is 0 Å². The van der Waals surface area contributed by atoms with Crippen molar-refractivity contribution in [3.63, 3.8) is 0 Å². The molecule has 0 spiro atoms. The monoisotopic (exact) mass is 487 g/mol. The third-order valence-electron chi connectivity index (χ3n) is 5.58. The average molecular weight is 488 g/mol. The number of hydrogen-bond acceptors (Lipinski definition) is 3. The van der Waals surface area contributed by atoms with E-state index in [0.717, 1.165) is 54.5 Å². The maximum Gasteiger partial charge on any atom is 0.335 e. The van der Waals surface area contributed by atoms with Crippen LogP contribution in [-0.2, 0) is 12.8 Å². The highest BCUT2D eigenvalue weighted by Crippen LogP contribution is 2.27. The maximum absolute atomic E-state index is 11.4. The van der Waals surface area contributed by atoms with Gasteiger partial charge >= 0.3 is 5.97 Å². The van der Waals surface area contributed by atoms with Crippen LogP contribution < -0.4 is 5.32 Å². The minimum Gasteiger partial charge on any atom is -0.478 e. The molecule has 176 valence electrons. The van der Waals surface area contributed by atoms with Gasteiger partial charge in [-0.15, -0.1) is 12.4 Å². The normalized spacial score (nSPS) is 11.6. The fraction of sp³-hybridized carbons (Fsp3) is 0.296. The van der Waals surface area contributed by atoms with Crippen molar-refractivity contribution < 1.29 is 15.0 Å². The van der Waals surface area contributed by atoms with Crippen LogP contribution in [0.3, 0.4) is 0 Å². The average Bonchev–Trinajstić information content (AvgIpc) is 2.80. The lowest BCUT2D eigenvalue weighted by atomic mass is 9.93. The number of benzene rings is 3. The Balaban J connectivity index is 0.00000385. The van der Waals surface area contributed by atoms with Crippen molar-refractivity contribution >= 4 is 30.0 Å². The first kappa shape index (κ1) is 26.9. The molecule has 6 heteroatoms. The minimum atomic E-state index is -0.891. The zero-order valence-electron chi connectivity index (χ0n) is 18.8. The van der Waals surface area contributed by atoms with Gasteiger partial charge in [-0.2, -0.15) is 0 Å². The molecule has 0 unspecified atom stereocenters. The van der Waals surface area contributed by atoms with E-state index in [0.29, 0.717) is 17.1 Å². The molecule has 3 N–H and O–H groups in total. The Labute approximate surface area is 207 Å². The summed E-state index contributed by atoms with van der Waals surface area (Å²) in [6, 6.07) is 21.1. The number of hydrogen-bond donors (Lipinski definition) is 3. The van der Waals surface area contributed by atoms with Crippen LogP contribution in [0, 0.1) is 0 Å². The molecule has 33 heavy (non-hydrogen) atoms. The first-order valence-corrected chi connectivity index (χ1v) is 11.5. The van der Waals surface area contributed by atoms with E-state index < -0.39 is 12.1 Å². The van der Waals surface area contributed by atoms with E-state index in [4.69, 9.17) is 11.6 Å². The molecule has 3 aromatic rings. The van der Waals surface area contributed by atoms with Gasteiger partial charge in [0.25, 0.3) is 0 Å². The van der Waals surface area contributed by atoms with E-state index in [1.165, 1.54) is 5.56 Å². The largest absolute Gasteiger partial charge is 0.478 e. The minimum absolute atomic E-state index is 0. The number of halogens is 2. The smallest absolute Gasteiger partial charge is 0.335 e. The summed E-state index contributed by atoms with van der Waals surface area (Å²) in [5.41, 5.74) is 5.62. The number of rotatable bonds is 11. The molecule has 0 aliphatic rings. The van der Waals surface area contributed by atoms with Crippen LogP contribution in [0.2, 0.25) is 5.02 Å². The van der Waals surface area contributed by atoms with Crippen LogP contribution in [0.25, 0.3) is 11.1 Å². The number of carboxylic acid groups (broad SMARTS) is 1. The molecule has 0 radical (unpaired) electrons. The third kappa shape index (κ3) is 7.86. The van der Waals surface area contributed by atoms with Gasteiger partial charge in [-0.3, -0.25) is 0 Å². The SMILES string of the molecule is CCCCc1cc(C(=O)O)ccc1-c1ccc(CCNC[C@@H](O)c2cccc(Cl)c2)cc1.Cl. The number of nitrogens with one attached hydrogen (secondary N) is 1. The summed E-state index contributed by atoms with van der Waals surface area (Å²) in [6.45, 7) is 3.36. The zero-order valence-corrected chi connectivity index (χ0v) is 20.3. The van der Waals surface area contributed by atoms with Gasteiger partial charge in [0.1, 0.15) is 0 Å². The first-order chi connectivity index (χ1) is 15.5. The van der Waals surface area contributed by atoms with Gasteiger partial charge in [0.05, 0.1) is 11.7 Å². The fourth-order valence-corrected chi connectivity index (χ4v) is 3.94. The molecule has 0 aromatic heterocycles. The molecule has 0 fully saturated rings. The van der Waals surface area contributed by atoms with E-state index in [9.17, 15) is 15.0 Å². The van der Waals surface area contributed by atoms with Crippen molar-refractivity contribution in [2.45, 2.75) is 38.7 Å². The van der Waals surface area contributed by atoms with Gasteiger partial charge in [0, 0.05) is 11.6 Å². The Hall–Kier alpha value is -2.37. The number of aromatic carboxylic acids is 1. The summed E-state index contributed by atoms with van der Waals surface area (Å²) in [5.74, 6) is -0.891. The molecular formula is C27H31Cl2NO3. The lowest BCUT2D eigenvalue weighted by Gasteiger charge is -2.13. The van der Waals surface area contributed by atoms with Crippen molar-refractivity contribution in [1.29, 1.82) is 0 Å². The molecule has 0 aliphatic heterocycles. The molecule has 3 rings (SSSR count). The van der Waals surface area contributed by atoms with E-state index in [1.54, 1.807) is 24.3 Å². The lowest BCUT2D eigenvalue weighted by molar-refractivity contribution is 0.0696. The van der Waals surface area contributed by atoms with E-state index in [1.807, 2.05) is 18.2 Å². The van der Waals surface area contributed by atoms with Gasteiger partial charge < -0.3 is 15.5 Å². The van der Waals surface area contributed by atoms with Crippen molar-refractivity contribution in [3.8, 4) is 11.1 Å². The molecular weight excluding hydrogens is 457 g/mol. The van der Waals surface area contributed by atoms with E-state index in [-0.39, 0.29) is 12.4 Å². The topological polar surface area (TPSA) is 69.6 Å². The second-order valence-corrected chi connectivity index (χ2v) is 8.44. The predicted molar refractivity (Wildman–Crippen MR) is 138 cm³/mol. The lowest BCUT2D eigenvalue weighted by Crippen LogP contribution is -2.23. The Bertz CT molecular complexity index is 1040. The number of aryl methyl sites for hydroxylation is 1.